The minimum absolute atomic E-state index is 0.0591. The molecule has 0 radical (unpaired) electrons. The Morgan fingerprint density at radius 1 is 0.977 bits per heavy atom. The van der Waals surface area contributed by atoms with E-state index in [1.807, 2.05) is 57.4 Å². The van der Waals surface area contributed by atoms with Crippen LogP contribution in [0.3, 0.4) is 0 Å². The van der Waals surface area contributed by atoms with Crippen LogP contribution in [0.15, 0.2) is 89.8 Å². The number of benzene rings is 3. The highest BCUT2D eigenvalue weighted by atomic mass is 19.2. The first-order valence-electron chi connectivity index (χ1n) is 13.9. The van der Waals surface area contributed by atoms with Crippen molar-refractivity contribution in [1.29, 1.82) is 0 Å². The fourth-order valence-electron chi connectivity index (χ4n) is 4.59. The third-order valence-corrected chi connectivity index (χ3v) is 6.74. The van der Waals surface area contributed by atoms with Gasteiger partial charge in [-0.05, 0) is 74.1 Å². The van der Waals surface area contributed by atoms with Gasteiger partial charge in [-0.25, -0.2) is 23.7 Å². The highest BCUT2D eigenvalue weighted by molar-refractivity contribution is 5.93. The molecule has 5 rings (SSSR count). The quantitative estimate of drug-likeness (QED) is 0.230. The highest BCUT2D eigenvalue weighted by Gasteiger charge is 2.14. The van der Waals surface area contributed by atoms with E-state index in [2.05, 4.69) is 42.6 Å². The van der Waals surface area contributed by atoms with Crippen LogP contribution in [0.5, 0.6) is 0 Å². The van der Waals surface area contributed by atoms with Crippen LogP contribution in [-0.2, 0) is 13.1 Å². The molecule has 44 heavy (non-hydrogen) atoms. The minimum Gasteiger partial charge on any atom is -0.348 e. The van der Waals surface area contributed by atoms with Crippen LogP contribution in [0, 0.1) is 11.6 Å². The van der Waals surface area contributed by atoms with Crippen LogP contribution in [-0.4, -0.2) is 51.0 Å². The summed E-state index contributed by atoms with van der Waals surface area (Å²) in [6.45, 7) is 2.87. The molecule has 0 saturated heterocycles. The summed E-state index contributed by atoms with van der Waals surface area (Å²) in [5.41, 5.74) is 4.27. The van der Waals surface area contributed by atoms with E-state index < -0.39 is 23.1 Å². The predicted molar refractivity (Wildman–Crippen MR) is 167 cm³/mol. The number of fused-ring (bicyclic) bond motifs is 1. The summed E-state index contributed by atoms with van der Waals surface area (Å²) in [6.07, 6.45) is 6.11. The summed E-state index contributed by atoms with van der Waals surface area (Å²) in [4.78, 5) is 40.8. The molecule has 2 N–H and O–H groups in total. The van der Waals surface area contributed by atoms with E-state index in [0.717, 1.165) is 46.4 Å². The molecule has 1 amide bonds. The molecule has 2 heterocycles. The lowest BCUT2D eigenvalue weighted by Crippen LogP contribution is -2.34. The van der Waals surface area contributed by atoms with Crippen molar-refractivity contribution in [1.82, 2.24) is 29.7 Å². The van der Waals surface area contributed by atoms with Crippen LogP contribution in [0.4, 0.5) is 20.4 Å². The van der Waals surface area contributed by atoms with Crippen molar-refractivity contribution in [2.75, 3.05) is 26.0 Å². The van der Waals surface area contributed by atoms with Gasteiger partial charge in [-0.15, -0.1) is 0 Å². The van der Waals surface area contributed by atoms with E-state index in [1.54, 1.807) is 6.20 Å². The molecule has 0 fully saturated rings. The second-order valence-corrected chi connectivity index (χ2v) is 10.7. The predicted octanol–water partition coefficient (Wildman–Crippen LogP) is 5.15. The summed E-state index contributed by atoms with van der Waals surface area (Å²) in [5.74, 6) is -2.08. The molecule has 0 saturated carbocycles. The number of carbonyl (C=O) groups excluding carboxylic acids is 1. The van der Waals surface area contributed by atoms with Crippen molar-refractivity contribution in [2.24, 2.45) is 0 Å². The topological polar surface area (TPSA) is 105 Å². The van der Waals surface area contributed by atoms with Gasteiger partial charge >= 0.3 is 0 Å². The number of anilines is 2. The van der Waals surface area contributed by atoms with Crippen molar-refractivity contribution >= 4 is 34.5 Å². The maximum Gasteiger partial charge on any atom is 0.266 e. The number of hydrogen-bond acceptors (Lipinski definition) is 7. The first kappa shape index (κ1) is 30.2. The zero-order valence-electron chi connectivity index (χ0n) is 24.5. The van der Waals surface area contributed by atoms with E-state index in [1.165, 1.54) is 28.7 Å². The van der Waals surface area contributed by atoms with Gasteiger partial charge in [-0.3, -0.25) is 14.2 Å². The smallest absolute Gasteiger partial charge is 0.266 e. The second-order valence-electron chi connectivity index (χ2n) is 10.7. The number of hydrogen-bond donors (Lipinski definition) is 2. The largest absolute Gasteiger partial charge is 0.348 e. The average molecular weight is 596 g/mol. The van der Waals surface area contributed by atoms with Crippen LogP contribution >= 0.6 is 0 Å². The van der Waals surface area contributed by atoms with Crippen LogP contribution in [0.2, 0.25) is 0 Å². The van der Waals surface area contributed by atoms with Crippen LogP contribution < -0.4 is 16.2 Å². The normalized spacial score (nSPS) is 11.6. The van der Waals surface area contributed by atoms with Crippen molar-refractivity contribution in [3.8, 4) is 0 Å². The maximum absolute atomic E-state index is 13.6. The zero-order chi connectivity index (χ0) is 31.2. The molecule has 0 unspecified atom stereocenters. The molecular formula is C33H31F2N7O2. The van der Waals surface area contributed by atoms with Gasteiger partial charge in [0.25, 0.3) is 11.5 Å². The van der Waals surface area contributed by atoms with E-state index in [9.17, 15) is 18.4 Å². The second kappa shape index (κ2) is 13.3. The molecule has 5 aromatic rings. The Labute approximate surface area is 252 Å². The third-order valence-electron chi connectivity index (χ3n) is 6.74. The number of aromatic nitrogens is 4. The molecule has 0 atom stereocenters. The van der Waals surface area contributed by atoms with Crippen molar-refractivity contribution in [3.63, 3.8) is 0 Å². The molecule has 0 aliphatic carbocycles. The fraction of sp³-hybridized carbons (Fsp3) is 0.182. The van der Waals surface area contributed by atoms with Gasteiger partial charge in [0.2, 0.25) is 5.95 Å². The van der Waals surface area contributed by atoms with Crippen LogP contribution in [0.25, 0.3) is 17.0 Å². The Morgan fingerprint density at radius 2 is 1.75 bits per heavy atom. The summed E-state index contributed by atoms with van der Waals surface area (Å²) in [7, 11) is 4.06. The van der Waals surface area contributed by atoms with Gasteiger partial charge in [0.05, 0.1) is 18.4 Å². The molecule has 224 valence electrons. The highest BCUT2D eigenvalue weighted by Crippen LogP contribution is 2.20. The third kappa shape index (κ3) is 7.56. The lowest BCUT2D eigenvalue weighted by Gasteiger charge is -2.11. The fourth-order valence-corrected chi connectivity index (χ4v) is 4.59. The summed E-state index contributed by atoms with van der Waals surface area (Å²) < 4.78 is 28.0. The van der Waals surface area contributed by atoms with Gasteiger partial charge in [-0.1, -0.05) is 35.9 Å². The van der Waals surface area contributed by atoms with Gasteiger partial charge in [0.15, 0.2) is 11.6 Å². The summed E-state index contributed by atoms with van der Waals surface area (Å²) in [5, 5.41) is 6.85. The molecular weight excluding hydrogens is 564 g/mol. The van der Waals surface area contributed by atoms with Gasteiger partial charge in [-0.2, -0.15) is 0 Å². The van der Waals surface area contributed by atoms with Crippen molar-refractivity contribution < 1.29 is 13.6 Å². The average Bonchev–Trinajstić information content (AvgIpc) is 2.99. The minimum atomic E-state index is -1.02. The van der Waals surface area contributed by atoms with Gasteiger partial charge < -0.3 is 15.5 Å². The summed E-state index contributed by atoms with van der Waals surface area (Å²) >= 11 is 0. The standard InChI is InChI=1S/C33H31F2N7O2/c1-21(15-37-31(43)27-17-36-20-42(32(27)44)19-24-6-10-28(34)29(35)14-24)12-23-7-11-30-25(13-23)16-38-33(40-30)39-26-8-4-22(5-9-26)18-41(2)3/h4-14,16-17,20H,15,18-19H2,1-3H3,(H,37,43)(H,38,39,40)/b21-12+. The lowest BCUT2D eigenvalue weighted by molar-refractivity contribution is 0.0954. The molecule has 9 nitrogen and oxygen atoms in total. The molecule has 0 bridgehead atoms. The number of carbonyl (C=O) groups is 1. The Hall–Kier alpha value is -5.29. The first-order valence-corrected chi connectivity index (χ1v) is 13.9. The van der Waals surface area contributed by atoms with Gasteiger partial charge in [0.1, 0.15) is 5.56 Å². The SMILES string of the molecule is C/C(=C\c1ccc2nc(Nc3ccc(CN(C)C)cc3)ncc2c1)CNC(=O)c1cncn(Cc2ccc(F)c(F)c2)c1=O. The molecule has 0 aliphatic rings. The number of amides is 1. The van der Waals surface area contributed by atoms with E-state index in [4.69, 9.17) is 0 Å². The molecule has 11 heteroatoms. The first-order chi connectivity index (χ1) is 21.1. The zero-order valence-corrected chi connectivity index (χ0v) is 24.5. The van der Waals surface area contributed by atoms with Crippen LogP contribution in [0.1, 0.15) is 34.0 Å². The van der Waals surface area contributed by atoms with Gasteiger partial charge in [0, 0.05) is 36.6 Å². The number of rotatable bonds is 10. The number of nitrogens with one attached hydrogen (secondary N) is 2. The van der Waals surface area contributed by atoms with Crippen molar-refractivity contribution in [3.05, 3.63) is 129 Å². The van der Waals surface area contributed by atoms with Crippen molar-refractivity contribution in [2.45, 2.75) is 20.0 Å². The van der Waals surface area contributed by atoms with E-state index in [-0.39, 0.29) is 18.7 Å². The number of halogens is 2. The Morgan fingerprint density at radius 3 is 2.50 bits per heavy atom. The molecule has 3 aromatic carbocycles. The van der Waals surface area contributed by atoms with E-state index in [0.29, 0.717) is 11.5 Å². The maximum atomic E-state index is 13.6. The monoisotopic (exact) mass is 595 g/mol. The lowest BCUT2D eigenvalue weighted by atomic mass is 10.1. The Balaban J connectivity index is 1.21. The Bertz CT molecular complexity index is 1900. The summed E-state index contributed by atoms with van der Waals surface area (Å²) in [6, 6.07) is 17.3. The van der Waals surface area contributed by atoms with E-state index >= 15 is 0 Å². The number of nitrogens with zero attached hydrogens (tertiary/aromatic N) is 5. The molecule has 2 aromatic heterocycles. The molecule has 0 aliphatic heterocycles. The molecule has 0 spiro atoms. The Kier molecular flexibility index (Phi) is 9.15.